The van der Waals surface area contributed by atoms with E-state index < -0.39 is 5.97 Å². The van der Waals surface area contributed by atoms with Gasteiger partial charge in [0.25, 0.3) is 11.2 Å². The van der Waals surface area contributed by atoms with Crippen LogP contribution in [0.25, 0.3) is 11.0 Å². The first-order valence-electron chi connectivity index (χ1n) is 5.97. The molecule has 0 atom stereocenters. The normalized spacial score (nSPS) is 10.6. The average molecular weight is 263 g/mol. The van der Waals surface area contributed by atoms with Gasteiger partial charge < -0.3 is 9.94 Å². The highest BCUT2D eigenvalue weighted by Crippen LogP contribution is 2.13. The summed E-state index contributed by atoms with van der Waals surface area (Å²) in [6.07, 6.45) is -0.172. The number of rotatable bonds is 3. The molecule has 0 aliphatic heterocycles. The zero-order chi connectivity index (χ0) is 14.0. The Morgan fingerprint density at radius 1 is 1.42 bits per heavy atom. The van der Waals surface area contributed by atoms with Crippen molar-refractivity contribution in [1.29, 1.82) is 0 Å². The molecule has 0 aliphatic carbocycles. The number of para-hydroxylation sites is 2. The number of nitrogens with zero attached hydrogens (tertiary/aromatic N) is 2. The Labute approximate surface area is 109 Å². The average Bonchev–Trinajstić information content (AvgIpc) is 2.41. The summed E-state index contributed by atoms with van der Waals surface area (Å²) in [7, 11) is 0. The third kappa shape index (κ3) is 2.29. The quantitative estimate of drug-likeness (QED) is 0.513. The van der Waals surface area contributed by atoms with Crippen LogP contribution in [-0.2, 0) is 16.0 Å². The molecule has 6 nitrogen and oxygen atoms in total. The van der Waals surface area contributed by atoms with Crippen molar-refractivity contribution in [3.05, 3.63) is 40.6 Å². The molecule has 0 aliphatic rings. The molecule has 0 radical (unpaired) electrons. The van der Waals surface area contributed by atoms with Crippen LogP contribution in [0.4, 0.5) is 0 Å². The number of ether oxygens (including phenoxy) is 1. The van der Waals surface area contributed by atoms with Crippen LogP contribution in [0.15, 0.2) is 24.3 Å². The van der Waals surface area contributed by atoms with Crippen LogP contribution in [0.5, 0.6) is 0 Å². The van der Waals surface area contributed by atoms with E-state index in [1.165, 1.54) is 0 Å². The van der Waals surface area contributed by atoms with Gasteiger partial charge in [0.15, 0.2) is 5.52 Å². The number of benzene rings is 1. The second-order valence-electron chi connectivity index (χ2n) is 4.11. The zero-order valence-corrected chi connectivity index (χ0v) is 10.8. The molecule has 0 amide bonds. The Kier molecular flexibility index (Phi) is 3.50. The van der Waals surface area contributed by atoms with Gasteiger partial charge in [0.2, 0.25) is 0 Å². The van der Waals surface area contributed by atoms with Gasteiger partial charge in [0, 0.05) is 11.0 Å². The number of fused-ring (bicyclic) bond motifs is 1. The smallest absolute Gasteiger partial charge is 0.316 e. The molecule has 1 N–H and O–H groups in total. The molecule has 1 aromatic carbocycles. The van der Waals surface area contributed by atoms with Crippen molar-refractivity contribution >= 4 is 17.0 Å². The fourth-order valence-electron chi connectivity index (χ4n) is 1.96. The molecule has 2 rings (SSSR count). The first kappa shape index (κ1) is 13.1. The molecule has 1 heterocycles. The van der Waals surface area contributed by atoms with E-state index in [-0.39, 0.29) is 18.7 Å². The van der Waals surface area contributed by atoms with Crippen molar-refractivity contribution in [2.24, 2.45) is 0 Å². The summed E-state index contributed by atoms with van der Waals surface area (Å²) in [5.41, 5.74) is 1.19. The second-order valence-corrected chi connectivity index (χ2v) is 4.11. The van der Waals surface area contributed by atoms with E-state index in [4.69, 9.17) is 4.74 Å². The molecule has 0 unspecified atom stereocenters. The van der Waals surface area contributed by atoms with Crippen LogP contribution in [0.3, 0.4) is 0 Å². The van der Waals surface area contributed by atoms with Crippen molar-refractivity contribution in [2.75, 3.05) is 6.61 Å². The third-order valence-electron chi connectivity index (χ3n) is 2.93. The predicted octanol–water partition coefficient (Wildman–Crippen LogP) is 1.21. The Bertz CT molecular complexity index is 691. The van der Waals surface area contributed by atoms with E-state index in [9.17, 15) is 14.9 Å². The van der Waals surface area contributed by atoms with Crippen molar-refractivity contribution in [1.82, 2.24) is 4.73 Å². The van der Waals surface area contributed by atoms with Gasteiger partial charge in [-0.05, 0) is 19.9 Å². The maximum Gasteiger partial charge on any atom is 0.316 e. The van der Waals surface area contributed by atoms with Crippen LogP contribution < -0.4 is 4.43 Å². The van der Waals surface area contributed by atoms with E-state index in [1.807, 2.05) is 0 Å². The van der Waals surface area contributed by atoms with Gasteiger partial charge in [-0.1, -0.05) is 12.1 Å². The summed E-state index contributed by atoms with van der Waals surface area (Å²) in [6, 6.07) is 6.63. The minimum Gasteiger partial charge on any atom is -0.466 e. The summed E-state index contributed by atoms with van der Waals surface area (Å²) < 4.78 is 6.40. The molecule has 0 saturated heterocycles. The second kappa shape index (κ2) is 5.09. The van der Waals surface area contributed by atoms with Crippen LogP contribution in [-0.4, -0.2) is 22.5 Å². The number of carbonyl (C=O) groups is 1. The van der Waals surface area contributed by atoms with Gasteiger partial charge in [-0.2, -0.15) is 4.73 Å². The van der Waals surface area contributed by atoms with Gasteiger partial charge in [-0.3, -0.25) is 4.79 Å². The number of hydrogen-bond donors (Lipinski definition) is 1. The fraction of sp³-hybridized carbons (Fsp3) is 0.308. The number of hydrogen-bond acceptors (Lipinski definition) is 4. The lowest BCUT2D eigenvalue weighted by molar-refractivity contribution is -0.475. The van der Waals surface area contributed by atoms with E-state index in [0.29, 0.717) is 21.2 Å². The third-order valence-corrected chi connectivity index (χ3v) is 2.93. The topological polar surface area (TPSA) is 74.4 Å². The maximum absolute atomic E-state index is 12.2. The summed E-state index contributed by atoms with van der Waals surface area (Å²) >= 11 is 0. The highest BCUT2D eigenvalue weighted by molar-refractivity contribution is 5.74. The van der Waals surface area contributed by atoms with Gasteiger partial charge >= 0.3 is 5.97 Å². The lowest BCUT2D eigenvalue weighted by Crippen LogP contribution is -2.29. The summed E-state index contributed by atoms with van der Waals surface area (Å²) in [5, 5.41) is 10.0. The van der Waals surface area contributed by atoms with Crippen molar-refractivity contribution in [3.8, 4) is 0 Å². The molecule has 0 spiro atoms. The first-order valence-corrected chi connectivity index (χ1v) is 5.97. The zero-order valence-electron chi connectivity index (χ0n) is 10.8. The van der Waals surface area contributed by atoms with Gasteiger partial charge in [-0.25, -0.2) is 0 Å². The summed E-state index contributed by atoms with van der Waals surface area (Å²) in [4.78, 5) is 23.7. The summed E-state index contributed by atoms with van der Waals surface area (Å²) in [6.45, 7) is 3.53. The minimum absolute atomic E-state index is 0.172. The highest BCUT2D eigenvalue weighted by atomic mass is 16.5. The molecular weight excluding hydrogens is 248 g/mol. The molecule has 19 heavy (non-hydrogen) atoms. The number of aromatic nitrogens is 2. The number of carbonyl (C=O) groups excluding carboxylic acids is 1. The monoisotopic (exact) mass is 263 g/mol. The molecule has 2 aromatic rings. The van der Waals surface area contributed by atoms with Crippen LogP contribution in [0, 0.1) is 11.8 Å². The molecule has 0 saturated carbocycles. The van der Waals surface area contributed by atoms with Crippen molar-refractivity contribution in [3.63, 3.8) is 0 Å². The van der Waals surface area contributed by atoms with Crippen molar-refractivity contribution in [2.45, 2.75) is 20.3 Å². The molecule has 6 heteroatoms. The Morgan fingerprint density at radius 3 is 2.79 bits per heavy atom. The minimum atomic E-state index is -0.495. The first-order chi connectivity index (χ1) is 9.06. The molecule has 1 aromatic heterocycles. The van der Waals surface area contributed by atoms with E-state index >= 15 is 0 Å². The Hall–Kier alpha value is -2.37. The lowest BCUT2D eigenvalue weighted by Gasteiger charge is -2.06. The van der Waals surface area contributed by atoms with E-state index in [2.05, 4.69) is 0 Å². The van der Waals surface area contributed by atoms with E-state index in [0.717, 1.165) is 4.73 Å². The maximum atomic E-state index is 12.2. The predicted molar refractivity (Wildman–Crippen MR) is 67.6 cm³/mol. The molecule has 0 fully saturated rings. The number of esters is 1. The van der Waals surface area contributed by atoms with Gasteiger partial charge in [-0.15, -0.1) is 0 Å². The SMILES string of the molecule is CCOC(=O)Cc1c(C)n(O)c2ccccc2[n+]1=O. The standard InChI is InChI=1S/C13H15N2O4/c1-3-19-13(16)8-12-9(2)14(17)10-6-4-5-7-11(10)15(12)18/h4-7,17H,3,8H2,1-2H3/q+1. The Morgan fingerprint density at radius 2 is 2.11 bits per heavy atom. The molecule has 0 bridgehead atoms. The highest BCUT2D eigenvalue weighted by Gasteiger charge is 2.24. The van der Waals surface area contributed by atoms with Crippen LogP contribution in [0.1, 0.15) is 18.3 Å². The largest absolute Gasteiger partial charge is 0.466 e. The van der Waals surface area contributed by atoms with Gasteiger partial charge in [0.05, 0.1) is 11.0 Å². The molecular formula is C13H15N2O4+. The molecule has 100 valence electrons. The van der Waals surface area contributed by atoms with E-state index in [1.54, 1.807) is 38.1 Å². The summed E-state index contributed by atoms with van der Waals surface area (Å²) in [5.74, 6) is -0.495. The Balaban J connectivity index is 2.62. The fourth-order valence-corrected chi connectivity index (χ4v) is 1.96. The van der Waals surface area contributed by atoms with Gasteiger partial charge in [0.1, 0.15) is 12.1 Å². The van der Waals surface area contributed by atoms with Crippen LogP contribution in [0.2, 0.25) is 0 Å². The van der Waals surface area contributed by atoms with Crippen LogP contribution >= 0.6 is 0 Å². The lowest BCUT2D eigenvalue weighted by atomic mass is 10.2. The van der Waals surface area contributed by atoms with Crippen molar-refractivity contribution < 1.29 is 19.2 Å².